The highest BCUT2D eigenvalue weighted by molar-refractivity contribution is 8.07. The SMILES string of the molecule is C=C(C)/C(C(=C)S/C(C(=C)C)=C(\C)C=C(C)C)=C(\C)C(CCC)CCC. The first kappa shape index (κ1) is 24.8. The van der Waals surface area contributed by atoms with E-state index in [1.807, 2.05) is 0 Å². The summed E-state index contributed by atoms with van der Waals surface area (Å²) in [6.07, 6.45) is 7.10. The first-order valence-corrected chi connectivity index (χ1v) is 10.6. The van der Waals surface area contributed by atoms with Crippen molar-refractivity contribution in [3.05, 3.63) is 69.1 Å². The van der Waals surface area contributed by atoms with Gasteiger partial charge in [0, 0.05) is 9.81 Å². The molecule has 0 saturated heterocycles. The van der Waals surface area contributed by atoms with Gasteiger partial charge in [0.05, 0.1) is 0 Å². The Kier molecular flexibility index (Phi) is 11.7. The summed E-state index contributed by atoms with van der Waals surface area (Å²) in [5.74, 6) is 0.616. The Balaban J connectivity index is 6.00. The molecule has 0 radical (unpaired) electrons. The Hall–Kier alpha value is -1.21. The van der Waals surface area contributed by atoms with Gasteiger partial charge in [0.15, 0.2) is 0 Å². The third-order valence-corrected chi connectivity index (χ3v) is 5.79. The maximum absolute atomic E-state index is 4.43. The van der Waals surface area contributed by atoms with E-state index >= 15 is 0 Å². The van der Waals surface area contributed by atoms with Crippen LogP contribution in [0.2, 0.25) is 0 Å². The monoisotopic (exact) mass is 372 g/mol. The molecular weight excluding hydrogens is 332 g/mol. The lowest BCUT2D eigenvalue weighted by molar-refractivity contribution is 0.501. The maximum Gasteiger partial charge on any atom is 0.0174 e. The second-order valence-corrected chi connectivity index (χ2v) is 8.76. The van der Waals surface area contributed by atoms with Crippen molar-refractivity contribution in [2.45, 2.75) is 81.1 Å². The van der Waals surface area contributed by atoms with E-state index in [1.165, 1.54) is 52.9 Å². The van der Waals surface area contributed by atoms with Crippen LogP contribution in [-0.2, 0) is 0 Å². The van der Waals surface area contributed by atoms with Crippen molar-refractivity contribution in [2.75, 3.05) is 0 Å². The van der Waals surface area contributed by atoms with Crippen molar-refractivity contribution < 1.29 is 0 Å². The highest BCUT2D eigenvalue weighted by Crippen LogP contribution is 2.41. The lowest BCUT2D eigenvalue weighted by Crippen LogP contribution is -2.06. The summed E-state index contributed by atoms with van der Waals surface area (Å²) in [6, 6.07) is 0. The molecule has 0 aromatic carbocycles. The molecule has 0 aromatic heterocycles. The molecule has 0 nitrogen and oxygen atoms in total. The zero-order valence-electron chi connectivity index (χ0n) is 18.5. The molecule has 26 heavy (non-hydrogen) atoms. The molecule has 0 fully saturated rings. The molecule has 1 heteroatoms. The second-order valence-electron chi connectivity index (χ2n) is 7.65. The minimum atomic E-state index is 0.616. The first-order valence-electron chi connectivity index (χ1n) is 9.82. The van der Waals surface area contributed by atoms with Crippen molar-refractivity contribution in [1.29, 1.82) is 0 Å². The molecule has 0 aliphatic rings. The predicted molar refractivity (Wildman–Crippen MR) is 124 cm³/mol. The number of hydrogen-bond acceptors (Lipinski definition) is 1. The number of rotatable bonds is 11. The van der Waals surface area contributed by atoms with Gasteiger partial charge >= 0.3 is 0 Å². The highest BCUT2D eigenvalue weighted by Gasteiger charge is 2.18. The molecule has 0 unspecified atom stereocenters. The topological polar surface area (TPSA) is 0 Å². The van der Waals surface area contributed by atoms with Gasteiger partial charge in [0.2, 0.25) is 0 Å². The standard InChI is InChI=1S/C25H40S/c1-12-14-23(15-13-2)21(10)24(18(5)6)22(11)26-25(19(7)8)20(9)16-17(3)4/h16,23H,5,7,11-15H2,1-4,6,8-10H3/b24-21-,25-20+. The van der Waals surface area contributed by atoms with Crippen LogP contribution in [0.3, 0.4) is 0 Å². The molecular formula is C25H40S. The molecule has 0 bridgehead atoms. The smallest absolute Gasteiger partial charge is 0.0174 e. The predicted octanol–water partition coefficient (Wildman–Crippen LogP) is 9.16. The van der Waals surface area contributed by atoms with Gasteiger partial charge in [-0.3, -0.25) is 0 Å². The zero-order valence-corrected chi connectivity index (χ0v) is 19.3. The minimum absolute atomic E-state index is 0.616. The fourth-order valence-corrected chi connectivity index (χ4v) is 4.53. The fourth-order valence-electron chi connectivity index (χ4n) is 3.45. The molecule has 0 N–H and O–H groups in total. The fraction of sp³-hybridized carbons (Fsp3) is 0.520. The Labute approximate surface area is 167 Å². The quantitative estimate of drug-likeness (QED) is 0.326. The summed E-state index contributed by atoms with van der Waals surface area (Å²) in [6.45, 7) is 30.3. The summed E-state index contributed by atoms with van der Waals surface area (Å²) < 4.78 is 0. The average Bonchev–Trinajstić information content (AvgIpc) is 2.50. The summed E-state index contributed by atoms with van der Waals surface area (Å²) in [5, 5.41) is 0. The van der Waals surface area contributed by atoms with Gasteiger partial charge in [-0.05, 0) is 77.0 Å². The molecule has 0 spiro atoms. The summed E-state index contributed by atoms with van der Waals surface area (Å²) in [4.78, 5) is 2.30. The van der Waals surface area contributed by atoms with Gasteiger partial charge in [-0.15, -0.1) is 0 Å². The van der Waals surface area contributed by atoms with Crippen LogP contribution < -0.4 is 0 Å². The van der Waals surface area contributed by atoms with Crippen LogP contribution in [0.4, 0.5) is 0 Å². The van der Waals surface area contributed by atoms with Gasteiger partial charge in [-0.1, -0.05) is 81.0 Å². The highest BCUT2D eigenvalue weighted by atomic mass is 32.2. The largest absolute Gasteiger partial charge is 0.0955 e. The van der Waals surface area contributed by atoms with Gasteiger partial charge in [0.25, 0.3) is 0 Å². The van der Waals surface area contributed by atoms with Crippen molar-refractivity contribution in [3.8, 4) is 0 Å². The second kappa shape index (κ2) is 12.2. The van der Waals surface area contributed by atoms with E-state index in [1.54, 1.807) is 11.8 Å². The van der Waals surface area contributed by atoms with Crippen molar-refractivity contribution in [3.63, 3.8) is 0 Å². The third-order valence-electron chi connectivity index (χ3n) is 4.46. The molecule has 0 saturated carbocycles. The van der Waals surface area contributed by atoms with Crippen LogP contribution in [0.25, 0.3) is 0 Å². The number of thioether (sulfide) groups is 1. The number of allylic oxidation sites excluding steroid dienone is 7. The van der Waals surface area contributed by atoms with Crippen molar-refractivity contribution in [1.82, 2.24) is 0 Å². The van der Waals surface area contributed by atoms with Gasteiger partial charge in [-0.2, -0.15) is 0 Å². The summed E-state index contributed by atoms with van der Waals surface area (Å²) in [5.41, 5.74) is 7.44. The Morgan fingerprint density at radius 1 is 0.846 bits per heavy atom. The summed E-state index contributed by atoms with van der Waals surface area (Å²) in [7, 11) is 0. The van der Waals surface area contributed by atoms with Crippen LogP contribution >= 0.6 is 11.8 Å². The van der Waals surface area contributed by atoms with E-state index in [2.05, 4.69) is 81.2 Å². The van der Waals surface area contributed by atoms with Crippen LogP contribution in [0.15, 0.2) is 69.1 Å². The normalized spacial score (nSPS) is 13.1. The number of hydrogen-bond donors (Lipinski definition) is 0. The zero-order chi connectivity index (χ0) is 20.4. The van der Waals surface area contributed by atoms with Crippen LogP contribution in [-0.4, -0.2) is 0 Å². The molecule has 0 aromatic rings. The molecule has 0 heterocycles. The van der Waals surface area contributed by atoms with Gasteiger partial charge in [0.1, 0.15) is 0 Å². The van der Waals surface area contributed by atoms with E-state index in [9.17, 15) is 0 Å². The lowest BCUT2D eigenvalue weighted by atomic mass is 9.86. The van der Waals surface area contributed by atoms with Crippen LogP contribution in [0.5, 0.6) is 0 Å². The van der Waals surface area contributed by atoms with E-state index < -0.39 is 0 Å². The Morgan fingerprint density at radius 3 is 1.69 bits per heavy atom. The van der Waals surface area contributed by atoms with Crippen LogP contribution in [0, 0.1) is 5.92 Å². The van der Waals surface area contributed by atoms with E-state index in [4.69, 9.17) is 0 Å². The molecule has 146 valence electrons. The lowest BCUT2D eigenvalue weighted by Gasteiger charge is -2.23. The first-order chi connectivity index (χ1) is 12.1. The Morgan fingerprint density at radius 2 is 1.35 bits per heavy atom. The minimum Gasteiger partial charge on any atom is -0.0955 e. The molecule has 0 rings (SSSR count). The van der Waals surface area contributed by atoms with Gasteiger partial charge < -0.3 is 0 Å². The average molecular weight is 373 g/mol. The van der Waals surface area contributed by atoms with Crippen molar-refractivity contribution in [2.24, 2.45) is 5.92 Å². The molecule has 0 aliphatic heterocycles. The van der Waals surface area contributed by atoms with Crippen molar-refractivity contribution >= 4 is 11.8 Å². The van der Waals surface area contributed by atoms with E-state index in [0.717, 1.165) is 16.1 Å². The summed E-state index contributed by atoms with van der Waals surface area (Å²) >= 11 is 1.74. The molecule has 0 atom stereocenters. The third kappa shape index (κ3) is 7.99. The van der Waals surface area contributed by atoms with Crippen LogP contribution in [0.1, 0.15) is 81.1 Å². The van der Waals surface area contributed by atoms with Gasteiger partial charge in [-0.25, -0.2) is 0 Å². The van der Waals surface area contributed by atoms with E-state index in [0.29, 0.717) is 5.92 Å². The van der Waals surface area contributed by atoms with E-state index in [-0.39, 0.29) is 0 Å². The molecule has 0 aliphatic carbocycles. The maximum atomic E-state index is 4.43. The Bertz CT molecular complexity index is 613. The molecule has 0 amide bonds.